The second kappa shape index (κ2) is 8.66. The average Bonchev–Trinajstić information content (AvgIpc) is 2.33. The Bertz CT molecular complexity index is 380. The molecule has 0 aromatic heterocycles. The van der Waals surface area contributed by atoms with Crippen molar-refractivity contribution in [2.24, 2.45) is 0 Å². The summed E-state index contributed by atoms with van der Waals surface area (Å²) in [5, 5.41) is 8.72. The molecule has 0 N–H and O–H groups in total. The van der Waals surface area contributed by atoms with Crippen LogP contribution >= 0.6 is 0 Å². The highest BCUT2D eigenvalue weighted by Crippen LogP contribution is 2.04. The van der Waals surface area contributed by atoms with Crippen molar-refractivity contribution in [2.75, 3.05) is 6.61 Å². The fraction of sp³-hybridized carbons (Fsp3) is 0.308. The molecule has 0 radical (unpaired) electrons. The highest BCUT2D eigenvalue weighted by molar-refractivity contribution is 5.47. The average molecular weight is 201 g/mol. The molecule has 0 aliphatic carbocycles. The first-order valence-corrected chi connectivity index (χ1v) is 5.00. The van der Waals surface area contributed by atoms with E-state index in [0.717, 1.165) is 0 Å². The van der Waals surface area contributed by atoms with Gasteiger partial charge in [-0.1, -0.05) is 26.0 Å². The van der Waals surface area contributed by atoms with E-state index >= 15 is 0 Å². The van der Waals surface area contributed by atoms with Crippen LogP contribution in [0.5, 0.6) is 0 Å². The van der Waals surface area contributed by atoms with Crippen LogP contribution in [-0.4, -0.2) is 6.61 Å². The Morgan fingerprint density at radius 1 is 1.20 bits per heavy atom. The summed E-state index contributed by atoms with van der Waals surface area (Å²) in [4.78, 5) is 0. The molecular formula is C13H15NO. The molecule has 0 saturated carbocycles. The van der Waals surface area contributed by atoms with Crippen LogP contribution in [0.25, 0.3) is 0 Å². The van der Waals surface area contributed by atoms with Gasteiger partial charge in [0, 0.05) is 5.56 Å². The third-order valence-electron chi connectivity index (χ3n) is 1.45. The molecule has 15 heavy (non-hydrogen) atoms. The van der Waals surface area contributed by atoms with Gasteiger partial charge in [0.05, 0.1) is 12.2 Å². The Hall–Kier alpha value is -1.93. The maximum absolute atomic E-state index is 8.72. The van der Waals surface area contributed by atoms with Crippen molar-refractivity contribution in [3.8, 4) is 18.1 Å². The number of nitrogens with zero attached hydrogens (tertiary/aromatic N) is 1. The molecule has 2 nitrogen and oxygen atoms in total. The van der Waals surface area contributed by atoms with Gasteiger partial charge in [-0.25, -0.2) is 0 Å². The van der Waals surface area contributed by atoms with Crippen molar-refractivity contribution in [3.05, 3.63) is 35.4 Å². The van der Waals surface area contributed by atoms with E-state index in [0.29, 0.717) is 17.7 Å². The Labute approximate surface area is 91.5 Å². The maximum Gasteiger partial charge on any atom is 0.115 e. The van der Waals surface area contributed by atoms with Crippen molar-refractivity contribution in [2.45, 2.75) is 20.8 Å². The highest BCUT2D eigenvalue weighted by atomic mass is 16.5. The van der Waals surface area contributed by atoms with Gasteiger partial charge in [0.25, 0.3) is 0 Å². The van der Waals surface area contributed by atoms with Crippen LogP contribution in [0.2, 0.25) is 0 Å². The van der Waals surface area contributed by atoms with Crippen LogP contribution in [0.15, 0.2) is 24.3 Å². The minimum atomic E-state index is 0.557. The van der Waals surface area contributed by atoms with Gasteiger partial charge < -0.3 is 4.74 Å². The van der Waals surface area contributed by atoms with Crippen molar-refractivity contribution in [1.29, 1.82) is 5.26 Å². The standard InChI is InChI=1S/C11H9NO.C2H6/c1-2-13-8-7-10-5-3-4-6-11(10)9-12;1-2/h3-6H,2H2,1H3;1-2H3. The number of nitriles is 1. The molecule has 0 spiro atoms. The van der Waals surface area contributed by atoms with E-state index in [2.05, 4.69) is 18.1 Å². The van der Waals surface area contributed by atoms with Gasteiger partial charge in [0.15, 0.2) is 0 Å². The zero-order chi connectivity index (χ0) is 11.5. The predicted molar refractivity (Wildman–Crippen MR) is 61.0 cm³/mol. The molecule has 1 aromatic rings. The fourth-order valence-corrected chi connectivity index (χ4v) is 0.853. The highest BCUT2D eigenvalue weighted by Gasteiger charge is 1.94. The smallest absolute Gasteiger partial charge is 0.115 e. The topological polar surface area (TPSA) is 33.0 Å². The second-order valence-electron chi connectivity index (χ2n) is 2.32. The van der Waals surface area contributed by atoms with E-state index in [4.69, 9.17) is 10.00 Å². The first kappa shape index (κ1) is 13.1. The summed E-state index contributed by atoms with van der Waals surface area (Å²) < 4.78 is 4.87. The molecule has 2 heteroatoms. The van der Waals surface area contributed by atoms with Crippen molar-refractivity contribution < 1.29 is 4.74 Å². The van der Waals surface area contributed by atoms with Crippen molar-refractivity contribution >= 4 is 0 Å². The van der Waals surface area contributed by atoms with E-state index in [-0.39, 0.29) is 0 Å². The van der Waals surface area contributed by atoms with Crippen LogP contribution < -0.4 is 0 Å². The molecule has 0 heterocycles. The van der Waals surface area contributed by atoms with Gasteiger partial charge >= 0.3 is 0 Å². The molecule has 0 aliphatic rings. The van der Waals surface area contributed by atoms with Crippen LogP contribution in [0.3, 0.4) is 0 Å². The van der Waals surface area contributed by atoms with E-state index in [9.17, 15) is 0 Å². The minimum Gasteiger partial charge on any atom is -0.447 e. The quantitative estimate of drug-likeness (QED) is 0.654. The Morgan fingerprint density at radius 3 is 2.33 bits per heavy atom. The zero-order valence-electron chi connectivity index (χ0n) is 9.37. The molecule has 0 atom stereocenters. The Kier molecular flexibility index (Phi) is 7.54. The summed E-state index contributed by atoms with van der Waals surface area (Å²) in [7, 11) is 0. The molecule has 0 fully saturated rings. The third-order valence-corrected chi connectivity index (χ3v) is 1.45. The maximum atomic E-state index is 8.72. The molecule has 0 bridgehead atoms. The van der Waals surface area contributed by atoms with Gasteiger partial charge in [0.1, 0.15) is 12.2 Å². The summed E-state index contributed by atoms with van der Waals surface area (Å²) in [6.45, 7) is 6.42. The molecule has 0 aliphatic heterocycles. The summed E-state index contributed by atoms with van der Waals surface area (Å²) in [5.41, 5.74) is 1.29. The lowest BCUT2D eigenvalue weighted by Gasteiger charge is -1.92. The van der Waals surface area contributed by atoms with Crippen LogP contribution in [0, 0.1) is 23.4 Å². The fourth-order valence-electron chi connectivity index (χ4n) is 0.853. The van der Waals surface area contributed by atoms with Crippen LogP contribution in [-0.2, 0) is 4.74 Å². The van der Waals surface area contributed by atoms with Crippen molar-refractivity contribution in [1.82, 2.24) is 0 Å². The van der Waals surface area contributed by atoms with Gasteiger partial charge in [-0.2, -0.15) is 5.26 Å². The number of benzene rings is 1. The van der Waals surface area contributed by atoms with Crippen molar-refractivity contribution in [3.63, 3.8) is 0 Å². The minimum absolute atomic E-state index is 0.557. The SMILES string of the molecule is CC.CCOC#Cc1ccccc1C#N. The Balaban J connectivity index is 0.000000921. The monoisotopic (exact) mass is 201 g/mol. The largest absolute Gasteiger partial charge is 0.447 e. The molecule has 0 unspecified atom stereocenters. The zero-order valence-corrected chi connectivity index (χ0v) is 9.37. The molecule has 0 amide bonds. The lowest BCUT2D eigenvalue weighted by atomic mass is 10.1. The molecular weight excluding hydrogens is 186 g/mol. The Morgan fingerprint density at radius 2 is 1.80 bits per heavy atom. The first-order chi connectivity index (χ1) is 7.38. The number of rotatable bonds is 1. The van der Waals surface area contributed by atoms with Crippen LogP contribution in [0.1, 0.15) is 31.9 Å². The lowest BCUT2D eigenvalue weighted by molar-refractivity contribution is 0.299. The summed E-state index contributed by atoms with van der Waals surface area (Å²) in [6.07, 6.45) is 2.52. The van der Waals surface area contributed by atoms with Gasteiger partial charge in [0.2, 0.25) is 0 Å². The predicted octanol–water partition coefficient (Wildman–Crippen LogP) is 2.93. The summed E-state index contributed by atoms with van der Waals surface area (Å²) in [6, 6.07) is 9.25. The van der Waals surface area contributed by atoms with Gasteiger partial charge in [-0.3, -0.25) is 0 Å². The normalized spacial score (nSPS) is 7.33. The van der Waals surface area contributed by atoms with E-state index in [1.165, 1.54) is 0 Å². The van der Waals surface area contributed by atoms with Gasteiger partial charge in [-0.15, -0.1) is 0 Å². The summed E-state index contributed by atoms with van der Waals surface area (Å²) in [5.74, 6) is 2.77. The van der Waals surface area contributed by atoms with Crippen LogP contribution in [0.4, 0.5) is 0 Å². The third kappa shape index (κ3) is 4.74. The number of hydrogen-bond acceptors (Lipinski definition) is 2. The number of ether oxygens (including phenoxy) is 1. The molecule has 1 rings (SSSR count). The number of hydrogen-bond donors (Lipinski definition) is 0. The first-order valence-electron chi connectivity index (χ1n) is 5.00. The molecule has 1 aromatic carbocycles. The lowest BCUT2D eigenvalue weighted by Crippen LogP contribution is -1.83. The van der Waals surface area contributed by atoms with E-state index < -0.39 is 0 Å². The molecule has 78 valence electrons. The van der Waals surface area contributed by atoms with Gasteiger partial charge in [-0.05, 0) is 25.0 Å². The summed E-state index contributed by atoms with van der Waals surface area (Å²) >= 11 is 0. The molecule has 0 saturated heterocycles. The van der Waals surface area contributed by atoms with E-state index in [1.54, 1.807) is 12.1 Å². The second-order valence-corrected chi connectivity index (χ2v) is 2.32. The van der Waals surface area contributed by atoms with E-state index in [1.807, 2.05) is 32.9 Å².